The van der Waals surface area contributed by atoms with Gasteiger partial charge < -0.3 is 0 Å². The van der Waals surface area contributed by atoms with Crippen LogP contribution >= 0.6 is 11.6 Å². The van der Waals surface area contributed by atoms with E-state index in [-0.39, 0.29) is 0 Å². The van der Waals surface area contributed by atoms with Crippen molar-refractivity contribution in [2.45, 2.75) is 6.18 Å². The van der Waals surface area contributed by atoms with Crippen molar-refractivity contribution in [3.8, 4) is 0 Å². The third kappa shape index (κ3) is 2.01. The molecule has 0 aliphatic rings. The summed E-state index contributed by atoms with van der Waals surface area (Å²) in [4.78, 5) is 2.91. The Hall–Kier alpha value is -0.910. The van der Waals surface area contributed by atoms with E-state index in [0.29, 0.717) is 6.20 Å². The minimum absolute atomic E-state index is 0.506. The second kappa shape index (κ2) is 2.61. The second-order valence-electron chi connectivity index (χ2n) is 1.61. The first kappa shape index (κ1) is 8.19. The molecule has 0 aromatic carbocycles. The number of aromatic nitrogens is 3. The maximum Gasteiger partial charge on any atom is 0.435 e. The Balaban J connectivity index is 3.06. The zero-order valence-electron chi connectivity index (χ0n) is 4.93. The van der Waals surface area contributed by atoms with Crippen molar-refractivity contribution in [3.63, 3.8) is 0 Å². The number of nitrogens with zero attached hydrogens (tertiary/aromatic N) is 3. The molecule has 7 heteroatoms. The molecule has 0 unspecified atom stereocenters. The molecule has 0 fully saturated rings. The van der Waals surface area contributed by atoms with Gasteiger partial charge in [-0.1, -0.05) is 0 Å². The SMILES string of the molecule is FC(F)(F)c1cnnc(Cl)n1. The Morgan fingerprint density at radius 1 is 1.36 bits per heavy atom. The fraction of sp³-hybridized carbons (Fsp3) is 0.250. The predicted octanol–water partition coefficient (Wildman–Crippen LogP) is 1.54. The molecule has 60 valence electrons. The molecule has 0 N–H and O–H groups in total. The smallest absolute Gasteiger partial charge is 0.210 e. The van der Waals surface area contributed by atoms with Crippen molar-refractivity contribution in [2.75, 3.05) is 0 Å². The predicted molar refractivity (Wildman–Crippen MR) is 29.8 cm³/mol. The van der Waals surface area contributed by atoms with Gasteiger partial charge in [0.1, 0.15) is 0 Å². The van der Waals surface area contributed by atoms with Crippen LogP contribution in [0.1, 0.15) is 5.69 Å². The van der Waals surface area contributed by atoms with E-state index < -0.39 is 17.2 Å². The summed E-state index contributed by atoms with van der Waals surface area (Å²) in [5, 5.41) is 5.53. The van der Waals surface area contributed by atoms with Crippen LogP contribution in [0.3, 0.4) is 0 Å². The normalized spacial score (nSPS) is 11.6. The molecule has 1 aromatic rings. The minimum Gasteiger partial charge on any atom is -0.210 e. The topological polar surface area (TPSA) is 38.7 Å². The van der Waals surface area contributed by atoms with Gasteiger partial charge in [-0.25, -0.2) is 4.98 Å². The molecule has 0 saturated heterocycles. The molecule has 1 aromatic heterocycles. The molecule has 0 spiro atoms. The zero-order chi connectivity index (χ0) is 8.48. The van der Waals surface area contributed by atoms with Gasteiger partial charge in [-0.05, 0) is 11.6 Å². The third-order valence-corrected chi connectivity index (χ3v) is 0.984. The Morgan fingerprint density at radius 2 is 2.00 bits per heavy atom. The highest BCUT2D eigenvalue weighted by Crippen LogP contribution is 2.26. The van der Waals surface area contributed by atoms with E-state index in [0.717, 1.165) is 0 Å². The lowest BCUT2D eigenvalue weighted by Crippen LogP contribution is -2.09. The number of hydrogen-bond acceptors (Lipinski definition) is 3. The van der Waals surface area contributed by atoms with E-state index in [9.17, 15) is 13.2 Å². The molecule has 0 bridgehead atoms. The fourth-order valence-corrected chi connectivity index (χ4v) is 0.553. The van der Waals surface area contributed by atoms with Crippen molar-refractivity contribution in [1.29, 1.82) is 0 Å². The van der Waals surface area contributed by atoms with Gasteiger partial charge in [0.15, 0.2) is 5.69 Å². The van der Waals surface area contributed by atoms with Gasteiger partial charge in [-0.15, -0.1) is 5.10 Å². The standard InChI is InChI=1S/C4HClF3N3/c5-3-10-2(1-9-11-3)4(6,7)8/h1H. The van der Waals surface area contributed by atoms with Gasteiger partial charge in [0.2, 0.25) is 5.28 Å². The summed E-state index contributed by atoms with van der Waals surface area (Å²) in [6.45, 7) is 0. The van der Waals surface area contributed by atoms with Crippen molar-refractivity contribution in [1.82, 2.24) is 15.2 Å². The molecule has 11 heavy (non-hydrogen) atoms. The average molecular weight is 184 g/mol. The van der Waals surface area contributed by atoms with Crippen LogP contribution in [0.2, 0.25) is 5.28 Å². The second-order valence-corrected chi connectivity index (χ2v) is 1.95. The molecule has 0 radical (unpaired) electrons. The van der Waals surface area contributed by atoms with Crippen molar-refractivity contribution < 1.29 is 13.2 Å². The highest BCUT2D eigenvalue weighted by Gasteiger charge is 2.33. The summed E-state index contributed by atoms with van der Waals surface area (Å²) in [7, 11) is 0. The summed E-state index contributed by atoms with van der Waals surface area (Å²) in [6, 6.07) is 0. The van der Waals surface area contributed by atoms with Crippen LogP contribution in [0.4, 0.5) is 13.2 Å². The summed E-state index contributed by atoms with van der Waals surface area (Å²) >= 11 is 5.07. The number of alkyl halides is 3. The lowest BCUT2D eigenvalue weighted by Gasteiger charge is -2.02. The fourth-order valence-electron chi connectivity index (χ4n) is 0.418. The molecule has 0 atom stereocenters. The quantitative estimate of drug-likeness (QED) is 0.613. The summed E-state index contributed by atoms with van der Waals surface area (Å²) in [5.41, 5.74) is -1.14. The van der Waals surface area contributed by atoms with Gasteiger partial charge in [-0.3, -0.25) is 0 Å². The highest BCUT2D eigenvalue weighted by atomic mass is 35.5. The van der Waals surface area contributed by atoms with Crippen LogP contribution in [0.5, 0.6) is 0 Å². The van der Waals surface area contributed by atoms with Crippen LogP contribution < -0.4 is 0 Å². The maximum atomic E-state index is 11.8. The molecule has 1 heterocycles. The molecular formula is C4HClF3N3. The largest absolute Gasteiger partial charge is 0.435 e. The van der Waals surface area contributed by atoms with Crippen LogP contribution in [0, 0.1) is 0 Å². The molecule has 0 aliphatic heterocycles. The van der Waals surface area contributed by atoms with Gasteiger partial charge in [-0.2, -0.15) is 18.3 Å². The van der Waals surface area contributed by atoms with Crippen LogP contribution in [-0.4, -0.2) is 15.2 Å². The summed E-state index contributed by atoms with van der Waals surface area (Å²) in [5.74, 6) is 0. The Labute approximate surface area is 64.2 Å². The minimum atomic E-state index is -4.51. The Kier molecular flexibility index (Phi) is 1.95. The average Bonchev–Trinajstić information content (AvgIpc) is 1.86. The molecule has 0 aliphatic carbocycles. The van der Waals surface area contributed by atoms with Crippen LogP contribution in [0.15, 0.2) is 6.20 Å². The van der Waals surface area contributed by atoms with E-state index in [1.165, 1.54) is 0 Å². The van der Waals surface area contributed by atoms with Gasteiger partial charge in [0, 0.05) is 0 Å². The first-order valence-corrected chi connectivity index (χ1v) is 2.80. The van der Waals surface area contributed by atoms with Gasteiger partial charge in [0.25, 0.3) is 0 Å². The number of rotatable bonds is 0. The number of halogens is 4. The lowest BCUT2D eigenvalue weighted by molar-refractivity contribution is -0.141. The first-order chi connectivity index (χ1) is 5.00. The third-order valence-electron chi connectivity index (χ3n) is 0.823. The van der Waals surface area contributed by atoms with E-state index in [2.05, 4.69) is 15.2 Å². The van der Waals surface area contributed by atoms with E-state index in [4.69, 9.17) is 11.6 Å². The van der Waals surface area contributed by atoms with Crippen molar-refractivity contribution in [3.05, 3.63) is 17.2 Å². The summed E-state index contributed by atoms with van der Waals surface area (Å²) < 4.78 is 35.3. The molecule has 1 rings (SSSR count). The van der Waals surface area contributed by atoms with Crippen molar-refractivity contribution >= 4 is 11.6 Å². The van der Waals surface area contributed by atoms with Crippen LogP contribution in [0.25, 0.3) is 0 Å². The van der Waals surface area contributed by atoms with E-state index in [1.807, 2.05) is 0 Å². The Morgan fingerprint density at radius 3 is 2.36 bits per heavy atom. The lowest BCUT2D eigenvalue weighted by atomic mass is 10.5. The zero-order valence-corrected chi connectivity index (χ0v) is 5.69. The van der Waals surface area contributed by atoms with E-state index >= 15 is 0 Å². The van der Waals surface area contributed by atoms with E-state index in [1.54, 1.807) is 0 Å². The van der Waals surface area contributed by atoms with Crippen molar-refractivity contribution in [2.24, 2.45) is 0 Å². The highest BCUT2D eigenvalue weighted by molar-refractivity contribution is 6.28. The molecule has 3 nitrogen and oxygen atoms in total. The summed E-state index contributed by atoms with van der Waals surface area (Å²) in [6.07, 6.45) is -4.01. The maximum absolute atomic E-state index is 11.8. The Bertz CT molecular complexity index is 261. The molecular weight excluding hydrogens is 183 g/mol. The van der Waals surface area contributed by atoms with Gasteiger partial charge in [0.05, 0.1) is 6.20 Å². The first-order valence-electron chi connectivity index (χ1n) is 2.42. The van der Waals surface area contributed by atoms with Gasteiger partial charge >= 0.3 is 6.18 Å². The molecule has 0 saturated carbocycles. The number of hydrogen-bond donors (Lipinski definition) is 0. The monoisotopic (exact) mass is 183 g/mol. The molecule has 0 amide bonds. The van der Waals surface area contributed by atoms with Crippen LogP contribution in [-0.2, 0) is 6.18 Å².